The highest BCUT2D eigenvalue weighted by Crippen LogP contribution is 2.40. The Kier molecular flexibility index (Phi) is 16.9. The molecule has 1 aliphatic rings. The van der Waals surface area contributed by atoms with Gasteiger partial charge in [0.1, 0.15) is 19.9 Å². The molecular formula is C50H61N6O5S2+. The Morgan fingerprint density at radius 3 is 1.90 bits per heavy atom. The topological polar surface area (TPSA) is 134 Å². The molecule has 0 bridgehead atoms. The highest BCUT2D eigenvalue weighted by Gasteiger charge is 2.43. The summed E-state index contributed by atoms with van der Waals surface area (Å²) in [4.78, 5) is 52.0. The molecule has 0 spiro atoms. The number of carbonyl (C=O) groups is 4. The van der Waals surface area contributed by atoms with Crippen molar-refractivity contribution in [1.29, 1.82) is 0 Å². The minimum absolute atomic E-state index is 0.0612. The highest BCUT2D eigenvalue weighted by atomic mass is 33.1. The van der Waals surface area contributed by atoms with E-state index in [1.54, 1.807) is 33.5 Å². The summed E-state index contributed by atoms with van der Waals surface area (Å²) < 4.78 is 2.19. The summed E-state index contributed by atoms with van der Waals surface area (Å²) >= 11 is 0. The fourth-order valence-corrected chi connectivity index (χ4v) is 9.45. The van der Waals surface area contributed by atoms with Gasteiger partial charge in [-0.15, -0.1) is 0 Å². The maximum absolute atomic E-state index is 13.2. The van der Waals surface area contributed by atoms with E-state index in [1.165, 1.54) is 0 Å². The minimum atomic E-state index is -0.873. The fourth-order valence-electron chi connectivity index (χ4n) is 7.64. The van der Waals surface area contributed by atoms with Gasteiger partial charge in [-0.2, -0.15) is 4.58 Å². The predicted octanol–water partition coefficient (Wildman–Crippen LogP) is 8.53. The van der Waals surface area contributed by atoms with Crippen LogP contribution in [0.2, 0.25) is 0 Å². The van der Waals surface area contributed by atoms with E-state index < -0.39 is 5.97 Å². The molecule has 4 N–H and O–H groups in total. The highest BCUT2D eigenvalue weighted by molar-refractivity contribution is 8.76. The summed E-state index contributed by atoms with van der Waals surface area (Å²) in [6.45, 7) is 10.0. The van der Waals surface area contributed by atoms with Crippen molar-refractivity contribution >= 4 is 86.3 Å². The predicted molar refractivity (Wildman–Crippen MR) is 265 cm³/mol. The number of amides is 2. The number of aliphatic carboxylic acids is 1. The number of aldehydes is 1. The molecular weight excluding hydrogens is 829 g/mol. The number of hydrogen-bond acceptors (Lipinski definition) is 9. The Labute approximate surface area is 380 Å². The molecule has 0 unspecified atom stereocenters. The van der Waals surface area contributed by atoms with E-state index in [2.05, 4.69) is 79.6 Å². The van der Waals surface area contributed by atoms with Gasteiger partial charge >= 0.3 is 5.97 Å². The van der Waals surface area contributed by atoms with Crippen LogP contribution in [0.25, 0.3) is 12.2 Å². The summed E-state index contributed by atoms with van der Waals surface area (Å²) in [5.41, 5.74) is 9.90. The summed E-state index contributed by atoms with van der Waals surface area (Å²) in [7, 11) is 10.9. The van der Waals surface area contributed by atoms with Crippen LogP contribution in [0.15, 0.2) is 97.1 Å². The van der Waals surface area contributed by atoms with Gasteiger partial charge in [0, 0.05) is 91.6 Å². The van der Waals surface area contributed by atoms with E-state index in [-0.39, 0.29) is 29.2 Å². The first-order valence-electron chi connectivity index (χ1n) is 21.1. The maximum atomic E-state index is 13.2. The number of nitrogens with one attached hydrogen (secondary N) is 3. The minimum Gasteiger partial charge on any atom is -0.480 e. The second kappa shape index (κ2) is 22.0. The first-order chi connectivity index (χ1) is 30.0. The monoisotopic (exact) mass is 889 g/mol. The molecule has 2 amide bonds. The lowest BCUT2D eigenvalue weighted by Crippen LogP contribution is -2.28. The summed E-state index contributed by atoms with van der Waals surface area (Å²) in [6, 6.07) is 27.6. The molecule has 4 aromatic carbocycles. The van der Waals surface area contributed by atoms with E-state index in [9.17, 15) is 19.2 Å². The Hall–Kier alpha value is -5.79. The number of allylic oxidation sites excluding steroid dienone is 2. The summed E-state index contributed by atoms with van der Waals surface area (Å²) in [6.07, 6.45) is 10.1. The van der Waals surface area contributed by atoms with Crippen molar-refractivity contribution in [2.24, 2.45) is 0 Å². The number of hydrogen-bond donors (Lipinski definition) is 4. The van der Waals surface area contributed by atoms with Gasteiger partial charge in [0.05, 0.1) is 12.0 Å². The molecule has 0 saturated carbocycles. The van der Waals surface area contributed by atoms with Gasteiger partial charge in [-0.25, -0.2) is 0 Å². The van der Waals surface area contributed by atoms with Crippen LogP contribution in [0.1, 0.15) is 77.1 Å². The zero-order valence-electron chi connectivity index (χ0n) is 37.7. The van der Waals surface area contributed by atoms with Crippen molar-refractivity contribution in [2.75, 3.05) is 81.0 Å². The Bertz CT molecular complexity index is 2360. The molecule has 0 atom stereocenters. The quantitative estimate of drug-likeness (QED) is 0.0264. The van der Waals surface area contributed by atoms with Gasteiger partial charge in [-0.3, -0.25) is 14.4 Å². The Balaban J connectivity index is 1.04. The molecule has 5 rings (SSSR count). The van der Waals surface area contributed by atoms with E-state index in [4.69, 9.17) is 5.11 Å². The number of fused-ring (bicyclic) bond motifs is 1. The first kappa shape index (κ1) is 48.2. The average molecular weight is 890 g/mol. The molecule has 1 aliphatic heterocycles. The first-order valence-corrected chi connectivity index (χ1v) is 23.6. The van der Waals surface area contributed by atoms with Crippen molar-refractivity contribution < 1.29 is 28.9 Å². The lowest BCUT2D eigenvalue weighted by atomic mass is 9.79. The summed E-state index contributed by atoms with van der Waals surface area (Å²) in [5.74, 6) is 0.363. The Morgan fingerprint density at radius 2 is 1.33 bits per heavy atom. The normalized spacial score (nSPS) is 13.3. The SMILES string of the molecule is CNc1ccc(C(=O)NCCSSCCNC(=O)c2ccc3c(c2)C(C)(C)C(/C=C/c2ccc(N(C)CC=O)cc2)=[N+]3C)cc1C(C)(C)C/C=C/c1ccc(N(C)CC(=O)O)cc1. The number of carboxylic acid groups (broad SMARTS) is 1. The van der Waals surface area contributed by atoms with Gasteiger partial charge in [0.2, 0.25) is 5.69 Å². The van der Waals surface area contributed by atoms with Crippen molar-refractivity contribution in [2.45, 2.75) is 44.9 Å². The smallest absolute Gasteiger partial charge is 0.323 e. The van der Waals surface area contributed by atoms with Gasteiger partial charge < -0.3 is 35.7 Å². The van der Waals surface area contributed by atoms with Gasteiger partial charge in [0.15, 0.2) is 5.71 Å². The molecule has 11 nitrogen and oxygen atoms in total. The van der Waals surface area contributed by atoms with Gasteiger partial charge in [-0.1, -0.05) is 71.9 Å². The van der Waals surface area contributed by atoms with Crippen molar-refractivity contribution in [3.63, 3.8) is 0 Å². The van der Waals surface area contributed by atoms with Crippen LogP contribution in [-0.2, 0) is 20.4 Å². The number of carbonyl (C=O) groups excluding carboxylic acids is 3. The molecule has 0 fully saturated rings. The van der Waals surface area contributed by atoms with Crippen LogP contribution in [0.3, 0.4) is 0 Å². The van der Waals surface area contributed by atoms with Crippen molar-refractivity contribution in [1.82, 2.24) is 10.6 Å². The third kappa shape index (κ3) is 12.7. The van der Waals surface area contributed by atoms with E-state index >= 15 is 0 Å². The molecule has 63 heavy (non-hydrogen) atoms. The fraction of sp³-hybridized carbons (Fsp3) is 0.340. The number of likely N-dealkylation sites (N-methyl/N-ethyl adjacent to an activating group) is 2. The third-order valence-corrected chi connectivity index (χ3v) is 13.8. The van der Waals surface area contributed by atoms with Gasteiger partial charge in [0.25, 0.3) is 11.8 Å². The lowest BCUT2D eigenvalue weighted by molar-refractivity contribution is -0.401. The van der Waals surface area contributed by atoms with Crippen LogP contribution in [0.5, 0.6) is 0 Å². The third-order valence-electron chi connectivity index (χ3n) is 11.4. The van der Waals surface area contributed by atoms with Crippen molar-refractivity contribution in [3.8, 4) is 0 Å². The summed E-state index contributed by atoms with van der Waals surface area (Å²) in [5, 5.41) is 18.5. The number of benzene rings is 4. The molecule has 0 aliphatic carbocycles. The molecule has 0 aromatic heterocycles. The van der Waals surface area contributed by atoms with Crippen LogP contribution in [0.4, 0.5) is 22.7 Å². The molecule has 0 saturated heterocycles. The van der Waals surface area contributed by atoms with Crippen LogP contribution >= 0.6 is 21.6 Å². The van der Waals surface area contributed by atoms with Crippen molar-refractivity contribution in [3.05, 3.63) is 130 Å². The largest absolute Gasteiger partial charge is 0.480 e. The average Bonchev–Trinajstić information content (AvgIpc) is 3.45. The Morgan fingerprint density at radius 1 is 0.778 bits per heavy atom. The van der Waals surface area contributed by atoms with E-state index in [0.29, 0.717) is 30.8 Å². The molecule has 1 heterocycles. The van der Waals surface area contributed by atoms with E-state index in [1.807, 2.05) is 104 Å². The molecule has 332 valence electrons. The molecule has 13 heteroatoms. The number of carboxylic acids is 1. The number of anilines is 3. The van der Waals surface area contributed by atoms with Crippen LogP contribution < -0.4 is 25.8 Å². The maximum Gasteiger partial charge on any atom is 0.323 e. The van der Waals surface area contributed by atoms with Crippen LogP contribution in [0, 0.1) is 0 Å². The molecule has 0 radical (unpaired) electrons. The second-order valence-corrected chi connectivity index (χ2v) is 19.5. The standard InChI is InChI=1S/C50H60N6O5S2/c1-49(2,25-9-10-35-11-20-40(21-12-35)55(7)34-46(58)59)41-32-37(16-22-43(41)51-5)47(60)52-26-30-62-63-31-27-53-48(61)38-17-23-44-42(33-38)50(3,4)45(56(44)8)24-15-36-13-18-39(19-14-36)54(6)28-29-57/h9-24,29,32-33H,25-28,30-31,34H2,1-8H3,(H3-,51,52,53,58,59,60,61)/p+1/b10-9+. The zero-order valence-corrected chi connectivity index (χ0v) is 39.3. The van der Waals surface area contributed by atoms with E-state index in [0.717, 1.165) is 74.9 Å². The van der Waals surface area contributed by atoms with Gasteiger partial charge in [-0.05, 0) is 103 Å². The number of nitrogens with zero attached hydrogens (tertiary/aromatic N) is 3. The van der Waals surface area contributed by atoms with Crippen LogP contribution in [-0.4, -0.2) is 105 Å². The lowest BCUT2D eigenvalue weighted by Gasteiger charge is -2.27. The zero-order chi connectivity index (χ0) is 45.7. The number of rotatable bonds is 22. The second-order valence-electron chi connectivity index (χ2n) is 16.8. The molecule has 4 aromatic rings.